The van der Waals surface area contributed by atoms with Crippen LogP contribution in [0.4, 0.5) is 0 Å². The van der Waals surface area contributed by atoms with E-state index < -0.39 is 6.10 Å². The number of aliphatic hydroxyl groups excluding tert-OH is 1. The molecule has 1 N–H and O–H groups in total. The van der Waals surface area contributed by atoms with Crippen molar-refractivity contribution in [2.24, 2.45) is 5.92 Å². The summed E-state index contributed by atoms with van der Waals surface area (Å²) in [6, 6.07) is 16.4. The predicted molar refractivity (Wildman–Crippen MR) is 126 cm³/mol. The Morgan fingerprint density at radius 3 is 2.48 bits per heavy atom. The van der Waals surface area contributed by atoms with Crippen molar-refractivity contribution in [1.29, 1.82) is 0 Å². The fourth-order valence-corrected chi connectivity index (χ4v) is 3.97. The molecule has 0 radical (unpaired) electrons. The first-order valence-corrected chi connectivity index (χ1v) is 11.5. The molecule has 1 saturated carbocycles. The molecule has 1 aliphatic rings. The van der Waals surface area contributed by atoms with Crippen LogP contribution in [0.5, 0.6) is 11.5 Å². The molecular formula is C26H38N2O3. The van der Waals surface area contributed by atoms with Crippen LogP contribution in [0.25, 0.3) is 0 Å². The molecule has 0 bridgehead atoms. The van der Waals surface area contributed by atoms with E-state index in [1.165, 1.54) is 30.5 Å². The maximum Gasteiger partial charge on any atom is 0.161 e. The van der Waals surface area contributed by atoms with E-state index in [0.29, 0.717) is 18.0 Å². The second-order valence-corrected chi connectivity index (χ2v) is 8.81. The van der Waals surface area contributed by atoms with Gasteiger partial charge in [0.2, 0.25) is 0 Å². The average molecular weight is 427 g/mol. The van der Waals surface area contributed by atoms with Gasteiger partial charge in [-0.25, -0.2) is 0 Å². The minimum absolute atomic E-state index is 0.236. The summed E-state index contributed by atoms with van der Waals surface area (Å²) in [5.41, 5.74) is 2.45. The number of rotatable bonds is 14. The third-order valence-corrected chi connectivity index (χ3v) is 5.64. The molecule has 0 amide bonds. The Morgan fingerprint density at radius 1 is 1.03 bits per heavy atom. The van der Waals surface area contributed by atoms with Gasteiger partial charge in [-0.05, 0) is 62.0 Å². The number of aliphatic hydroxyl groups is 1. The van der Waals surface area contributed by atoms with Crippen LogP contribution in [-0.4, -0.2) is 61.4 Å². The molecule has 31 heavy (non-hydrogen) atoms. The van der Waals surface area contributed by atoms with Crippen LogP contribution < -0.4 is 9.47 Å². The van der Waals surface area contributed by atoms with Crippen LogP contribution in [0.3, 0.4) is 0 Å². The molecule has 0 aliphatic heterocycles. The number of likely N-dealkylation sites (N-methyl/N-ethyl adjacent to an activating group) is 1. The lowest BCUT2D eigenvalue weighted by Crippen LogP contribution is -2.32. The summed E-state index contributed by atoms with van der Waals surface area (Å²) in [7, 11) is 3.67. The molecule has 0 spiro atoms. The SMILES string of the molecule is CCCN(Cc1ccc(OC)c(OC[C@H](O)CN(C)Cc2ccccc2)c1)CC1CC1. The molecular weight excluding hydrogens is 388 g/mol. The standard InChI is InChI=1S/C26H38N2O3/c1-4-14-28(17-22-10-11-22)18-23-12-13-25(30-3)26(15-23)31-20-24(29)19-27(2)16-21-8-6-5-7-9-21/h5-9,12-13,15,22,24,29H,4,10-11,14,16-20H2,1-3H3/t24-/m1/s1. The first kappa shape index (κ1) is 23.6. The van der Waals surface area contributed by atoms with Gasteiger partial charge in [0.1, 0.15) is 12.7 Å². The molecule has 0 heterocycles. The number of benzene rings is 2. The zero-order valence-electron chi connectivity index (χ0n) is 19.3. The van der Waals surface area contributed by atoms with Crippen LogP contribution >= 0.6 is 0 Å². The Hall–Kier alpha value is -2.08. The molecule has 1 aliphatic carbocycles. The van der Waals surface area contributed by atoms with Crippen molar-refractivity contribution in [2.75, 3.05) is 40.4 Å². The lowest BCUT2D eigenvalue weighted by Gasteiger charge is -2.23. The first-order chi connectivity index (χ1) is 15.1. The highest BCUT2D eigenvalue weighted by Crippen LogP contribution is 2.32. The molecule has 2 aromatic rings. The maximum absolute atomic E-state index is 10.5. The van der Waals surface area contributed by atoms with E-state index in [9.17, 15) is 5.11 Å². The Bertz CT molecular complexity index is 779. The van der Waals surface area contributed by atoms with Gasteiger partial charge in [0, 0.05) is 26.2 Å². The molecule has 1 atom stereocenters. The molecule has 170 valence electrons. The third kappa shape index (κ3) is 8.17. The summed E-state index contributed by atoms with van der Waals surface area (Å²) in [5.74, 6) is 2.29. The number of ether oxygens (including phenoxy) is 2. The van der Waals surface area contributed by atoms with Crippen molar-refractivity contribution in [1.82, 2.24) is 9.80 Å². The molecule has 0 unspecified atom stereocenters. The highest BCUT2D eigenvalue weighted by molar-refractivity contribution is 5.43. The Labute approximate surface area is 187 Å². The predicted octanol–water partition coefficient (Wildman–Crippen LogP) is 4.19. The zero-order valence-corrected chi connectivity index (χ0v) is 19.3. The highest BCUT2D eigenvalue weighted by atomic mass is 16.5. The van der Waals surface area contributed by atoms with Gasteiger partial charge in [0.05, 0.1) is 7.11 Å². The summed E-state index contributed by atoms with van der Waals surface area (Å²) < 4.78 is 11.5. The average Bonchev–Trinajstić information content (AvgIpc) is 3.57. The van der Waals surface area contributed by atoms with Gasteiger partial charge in [-0.2, -0.15) is 0 Å². The smallest absolute Gasteiger partial charge is 0.161 e. The van der Waals surface area contributed by atoms with Crippen molar-refractivity contribution < 1.29 is 14.6 Å². The third-order valence-electron chi connectivity index (χ3n) is 5.64. The van der Waals surface area contributed by atoms with Gasteiger partial charge in [0.15, 0.2) is 11.5 Å². The zero-order chi connectivity index (χ0) is 22.1. The van der Waals surface area contributed by atoms with Crippen LogP contribution in [0.1, 0.15) is 37.3 Å². The van der Waals surface area contributed by atoms with Crippen LogP contribution in [-0.2, 0) is 13.1 Å². The molecule has 5 heteroatoms. The van der Waals surface area contributed by atoms with Crippen molar-refractivity contribution in [3.8, 4) is 11.5 Å². The van der Waals surface area contributed by atoms with E-state index in [1.807, 2.05) is 31.3 Å². The van der Waals surface area contributed by atoms with Crippen molar-refractivity contribution >= 4 is 0 Å². The molecule has 3 rings (SSSR count). The van der Waals surface area contributed by atoms with Crippen LogP contribution in [0, 0.1) is 5.92 Å². The Balaban J connectivity index is 1.53. The number of hydrogen-bond acceptors (Lipinski definition) is 5. The summed E-state index contributed by atoms with van der Waals surface area (Å²) in [6.45, 7) is 7.03. The lowest BCUT2D eigenvalue weighted by molar-refractivity contribution is 0.0732. The number of nitrogens with zero attached hydrogens (tertiary/aromatic N) is 2. The minimum Gasteiger partial charge on any atom is -0.493 e. The van der Waals surface area contributed by atoms with E-state index in [2.05, 4.69) is 41.0 Å². The summed E-state index contributed by atoms with van der Waals surface area (Å²) in [5, 5.41) is 10.5. The fraction of sp³-hybridized carbons (Fsp3) is 0.538. The molecule has 2 aromatic carbocycles. The maximum atomic E-state index is 10.5. The topological polar surface area (TPSA) is 45.2 Å². The second kappa shape index (κ2) is 12.1. The van der Waals surface area contributed by atoms with Gasteiger partial charge in [-0.1, -0.05) is 43.3 Å². The normalized spacial score (nSPS) is 14.8. The van der Waals surface area contributed by atoms with Crippen LogP contribution in [0.2, 0.25) is 0 Å². The lowest BCUT2D eigenvalue weighted by atomic mass is 10.1. The van der Waals surface area contributed by atoms with Gasteiger partial charge < -0.3 is 14.6 Å². The summed E-state index contributed by atoms with van der Waals surface area (Å²) in [4.78, 5) is 4.65. The molecule has 5 nitrogen and oxygen atoms in total. The van der Waals surface area contributed by atoms with Gasteiger partial charge in [-0.15, -0.1) is 0 Å². The minimum atomic E-state index is -0.575. The van der Waals surface area contributed by atoms with E-state index >= 15 is 0 Å². The molecule has 0 aromatic heterocycles. The summed E-state index contributed by atoms with van der Waals surface area (Å²) in [6.07, 6.45) is 3.32. The number of methoxy groups -OCH3 is 1. The fourth-order valence-electron chi connectivity index (χ4n) is 3.97. The monoisotopic (exact) mass is 426 g/mol. The molecule has 0 saturated heterocycles. The van der Waals surface area contributed by atoms with E-state index in [-0.39, 0.29) is 6.61 Å². The second-order valence-electron chi connectivity index (χ2n) is 8.81. The highest BCUT2D eigenvalue weighted by Gasteiger charge is 2.24. The summed E-state index contributed by atoms with van der Waals surface area (Å²) >= 11 is 0. The Morgan fingerprint density at radius 2 is 1.81 bits per heavy atom. The quantitative estimate of drug-likeness (QED) is 0.491. The van der Waals surface area contributed by atoms with Gasteiger partial charge in [0.25, 0.3) is 0 Å². The van der Waals surface area contributed by atoms with Crippen LogP contribution in [0.15, 0.2) is 48.5 Å². The van der Waals surface area contributed by atoms with Gasteiger partial charge in [-0.3, -0.25) is 9.80 Å². The van der Waals surface area contributed by atoms with Crippen molar-refractivity contribution in [3.05, 3.63) is 59.7 Å². The number of hydrogen-bond donors (Lipinski definition) is 1. The van der Waals surface area contributed by atoms with E-state index in [1.54, 1.807) is 7.11 Å². The van der Waals surface area contributed by atoms with E-state index in [0.717, 1.165) is 32.0 Å². The largest absolute Gasteiger partial charge is 0.493 e. The Kier molecular flexibility index (Phi) is 9.19. The van der Waals surface area contributed by atoms with Crippen molar-refractivity contribution in [2.45, 2.75) is 45.4 Å². The first-order valence-electron chi connectivity index (χ1n) is 11.5. The molecule has 1 fully saturated rings. The van der Waals surface area contributed by atoms with Crippen molar-refractivity contribution in [3.63, 3.8) is 0 Å². The van der Waals surface area contributed by atoms with Gasteiger partial charge >= 0.3 is 0 Å². The van der Waals surface area contributed by atoms with E-state index in [4.69, 9.17) is 9.47 Å².